The molecule has 5 heteroatoms. The van der Waals surface area contributed by atoms with Gasteiger partial charge in [0.15, 0.2) is 10.0 Å². The predicted octanol–water partition coefficient (Wildman–Crippen LogP) is 2.95. The zero-order valence-electron chi connectivity index (χ0n) is 6.20. The maximum Gasteiger partial charge on any atom is 0.511 e. The Labute approximate surface area is 87.7 Å². The zero-order chi connectivity index (χ0) is 9.56. The van der Waals surface area contributed by atoms with Crippen molar-refractivity contribution < 1.29 is 14.3 Å². The SMILES string of the molecule is C=CC(Br)OC(=O)OC(Br)C=C. The lowest BCUT2D eigenvalue weighted by Gasteiger charge is -2.09. The van der Waals surface area contributed by atoms with Crippen LogP contribution in [0.15, 0.2) is 25.3 Å². The van der Waals surface area contributed by atoms with E-state index < -0.39 is 16.2 Å². The number of alkyl halides is 2. The summed E-state index contributed by atoms with van der Waals surface area (Å²) in [5, 5.41) is -1.07. The number of carbonyl (C=O) groups is 1. The van der Waals surface area contributed by atoms with Gasteiger partial charge in [-0.3, -0.25) is 0 Å². The number of hydrogen-bond acceptors (Lipinski definition) is 3. The minimum atomic E-state index is -0.793. The first-order valence-electron chi connectivity index (χ1n) is 3.00. The molecule has 0 heterocycles. The number of carbonyl (C=O) groups excluding carboxylic acids is 1. The van der Waals surface area contributed by atoms with Crippen molar-refractivity contribution in [3.8, 4) is 0 Å². The first-order valence-corrected chi connectivity index (χ1v) is 4.83. The van der Waals surface area contributed by atoms with Crippen LogP contribution in [0.25, 0.3) is 0 Å². The van der Waals surface area contributed by atoms with Crippen molar-refractivity contribution in [1.29, 1.82) is 0 Å². The Hall–Kier alpha value is -0.290. The quantitative estimate of drug-likeness (QED) is 0.455. The van der Waals surface area contributed by atoms with E-state index in [0.717, 1.165) is 0 Å². The third-order valence-corrected chi connectivity index (χ3v) is 1.91. The summed E-state index contributed by atoms with van der Waals surface area (Å²) in [6, 6.07) is 0. The van der Waals surface area contributed by atoms with E-state index in [-0.39, 0.29) is 0 Å². The van der Waals surface area contributed by atoms with Gasteiger partial charge in [-0.2, -0.15) is 0 Å². The minimum absolute atomic E-state index is 0.533. The summed E-state index contributed by atoms with van der Waals surface area (Å²) in [7, 11) is 0. The number of rotatable bonds is 4. The molecule has 0 aromatic heterocycles. The fourth-order valence-electron chi connectivity index (χ4n) is 0.308. The number of ether oxygens (including phenoxy) is 2. The van der Waals surface area contributed by atoms with Gasteiger partial charge in [0.1, 0.15) is 0 Å². The monoisotopic (exact) mass is 298 g/mol. The average Bonchev–Trinajstić information content (AvgIpc) is 2.03. The summed E-state index contributed by atoms with van der Waals surface area (Å²) in [6.07, 6.45) is 2.04. The molecule has 0 N–H and O–H groups in total. The van der Waals surface area contributed by atoms with Crippen molar-refractivity contribution in [2.45, 2.75) is 10.0 Å². The van der Waals surface area contributed by atoms with Gasteiger partial charge in [0.2, 0.25) is 0 Å². The molecule has 2 atom stereocenters. The van der Waals surface area contributed by atoms with Gasteiger partial charge >= 0.3 is 6.16 Å². The molecule has 0 amide bonds. The van der Waals surface area contributed by atoms with E-state index in [9.17, 15) is 4.79 Å². The van der Waals surface area contributed by atoms with E-state index in [2.05, 4.69) is 54.5 Å². The second-order valence-corrected chi connectivity index (χ2v) is 3.46. The van der Waals surface area contributed by atoms with Crippen molar-refractivity contribution in [2.75, 3.05) is 0 Å². The van der Waals surface area contributed by atoms with Gasteiger partial charge in [-0.25, -0.2) is 4.79 Å². The molecule has 68 valence electrons. The van der Waals surface area contributed by atoms with Crippen LogP contribution in [0.3, 0.4) is 0 Å². The fourth-order valence-corrected chi connectivity index (χ4v) is 0.613. The summed E-state index contributed by atoms with van der Waals surface area (Å²) < 4.78 is 9.26. The molecule has 0 saturated heterocycles. The number of halogens is 2. The Kier molecular flexibility index (Phi) is 6.10. The minimum Gasteiger partial charge on any atom is -0.415 e. The third kappa shape index (κ3) is 5.37. The van der Waals surface area contributed by atoms with Crippen molar-refractivity contribution in [3.63, 3.8) is 0 Å². The lowest BCUT2D eigenvalue weighted by molar-refractivity contribution is 0.0605. The van der Waals surface area contributed by atoms with Crippen LogP contribution < -0.4 is 0 Å². The molecule has 3 nitrogen and oxygen atoms in total. The van der Waals surface area contributed by atoms with E-state index in [1.807, 2.05) is 0 Å². The van der Waals surface area contributed by atoms with E-state index in [4.69, 9.17) is 0 Å². The molecule has 0 saturated carbocycles. The van der Waals surface area contributed by atoms with Crippen molar-refractivity contribution in [3.05, 3.63) is 25.3 Å². The third-order valence-electron chi connectivity index (χ3n) is 0.788. The van der Waals surface area contributed by atoms with Gasteiger partial charge in [0.25, 0.3) is 0 Å². The Bertz CT molecular complexity index is 163. The van der Waals surface area contributed by atoms with Crippen molar-refractivity contribution in [1.82, 2.24) is 0 Å². The normalized spacial score (nSPS) is 14.2. The van der Waals surface area contributed by atoms with Gasteiger partial charge in [-0.05, 0) is 44.0 Å². The van der Waals surface area contributed by atoms with Crippen LogP contribution in [0.1, 0.15) is 0 Å². The Morgan fingerprint density at radius 3 is 1.75 bits per heavy atom. The molecule has 0 rings (SSSR count). The maximum atomic E-state index is 10.8. The van der Waals surface area contributed by atoms with E-state index in [1.165, 1.54) is 12.2 Å². The molecule has 0 aliphatic heterocycles. The molecule has 0 aromatic rings. The van der Waals surface area contributed by atoms with Gasteiger partial charge in [-0.15, -0.1) is 0 Å². The highest BCUT2D eigenvalue weighted by Gasteiger charge is 2.11. The van der Waals surface area contributed by atoms with Gasteiger partial charge < -0.3 is 9.47 Å². The Morgan fingerprint density at radius 1 is 1.17 bits per heavy atom. The molecule has 0 aromatic carbocycles. The summed E-state index contributed by atoms with van der Waals surface area (Å²) >= 11 is 6.01. The van der Waals surface area contributed by atoms with Crippen molar-refractivity contribution >= 4 is 38.0 Å². The first kappa shape index (κ1) is 11.7. The number of hydrogen-bond donors (Lipinski definition) is 0. The van der Waals surface area contributed by atoms with E-state index >= 15 is 0 Å². The van der Waals surface area contributed by atoms with Gasteiger partial charge in [0.05, 0.1) is 0 Å². The predicted molar refractivity (Wildman–Crippen MR) is 53.4 cm³/mol. The summed E-state index contributed by atoms with van der Waals surface area (Å²) in [4.78, 5) is 10.8. The molecule has 2 unspecified atom stereocenters. The lowest BCUT2D eigenvalue weighted by atomic mass is 10.7. The lowest BCUT2D eigenvalue weighted by Crippen LogP contribution is -2.15. The Morgan fingerprint density at radius 2 is 1.50 bits per heavy atom. The summed E-state index contributed by atoms with van der Waals surface area (Å²) in [5.74, 6) is 0. The average molecular weight is 300 g/mol. The first-order chi connectivity index (χ1) is 5.60. The smallest absolute Gasteiger partial charge is 0.415 e. The molecule has 0 spiro atoms. The summed E-state index contributed by atoms with van der Waals surface area (Å²) in [5.41, 5.74) is 0. The van der Waals surface area contributed by atoms with E-state index in [1.54, 1.807) is 0 Å². The highest BCUT2D eigenvalue weighted by atomic mass is 79.9. The molecule has 12 heavy (non-hydrogen) atoms. The topological polar surface area (TPSA) is 35.5 Å². The molecule has 0 aliphatic rings. The Balaban J connectivity index is 3.73. The second-order valence-electron chi connectivity index (χ2n) is 1.66. The van der Waals surface area contributed by atoms with Crippen LogP contribution in [-0.2, 0) is 9.47 Å². The van der Waals surface area contributed by atoms with E-state index in [0.29, 0.717) is 0 Å². The maximum absolute atomic E-state index is 10.8. The largest absolute Gasteiger partial charge is 0.511 e. The molecule has 0 radical (unpaired) electrons. The van der Waals surface area contributed by atoms with Crippen LogP contribution in [0.4, 0.5) is 4.79 Å². The van der Waals surface area contributed by atoms with Gasteiger partial charge in [0, 0.05) is 0 Å². The van der Waals surface area contributed by atoms with Crippen LogP contribution in [0, 0.1) is 0 Å². The fraction of sp³-hybridized carbons (Fsp3) is 0.286. The molecule has 0 fully saturated rings. The molecule has 0 aliphatic carbocycles. The second kappa shape index (κ2) is 6.25. The standard InChI is InChI=1S/C7H8Br2O3/c1-3-5(8)11-7(10)12-6(9)4-2/h3-6H,1-2H2. The molecular weight excluding hydrogens is 292 g/mol. The zero-order valence-corrected chi connectivity index (χ0v) is 9.38. The highest BCUT2D eigenvalue weighted by Crippen LogP contribution is 2.08. The highest BCUT2D eigenvalue weighted by molar-refractivity contribution is 9.09. The van der Waals surface area contributed by atoms with Crippen LogP contribution >= 0.6 is 31.9 Å². The van der Waals surface area contributed by atoms with Crippen LogP contribution in [0.5, 0.6) is 0 Å². The summed E-state index contributed by atoms with van der Waals surface area (Å²) in [6.45, 7) is 6.80. The molecular formula is C7H8Br2O3. The van der Waals surface area contributed by atoms with Crippen LogP contribution in [0.2, 0.25) is 0 Å². The van der Waals surface area contributed by atoms with Crippen molar-refractivity contribution in [2.24, 2.45) is 0 Å². The van der Waals surface area contributed by atoms with Gasteiger partial charge in [-0.1, -0.05) is 13.2 Å². The molecule has 0 bridgehead atoms. The van der Waals surface area contributed by atoms with Crippen LogP contribution in [-0.4, -0.2) is 16.2 Å².